The number of carbonyl (C=O) groups is 1. The number of hydrogen-bond acceptors (Lipinski definition) is 2. The van der Waals surface area contributed by atoms with E-state index in [1.54, 1.807) is 0 Å². The van der Waals surface area contributed by atoms with Gasteiger partial charge in [-0.15, -0.1) is 0 Å². The summed E-state index contributed by atoms with van der Waals surface area (Å²) >= 11 is 0. The highest BCUT2D eigenvalue weighted by atomic mass is 16.1. The van der Waals surface area contributed by atoms with E-state index in [0.29, 0.717) is 6.54 Å². The van der Waals surface area contributed by atoms with Gasteiger partial charge in [0, 0.05) is 17.8 Å². The lowest BCUT2D eigenvalue weighted by atomic mass is 10.1. The van der Waals surface area contributed by atoms with Crippen LogP contribution in [0.3, 0.4) is 0 Å². The predicted molar refractivity (Wildman–Crippen MR) is 79.8 cm³/mol. The van der Waals surface area contributed by atoms with Crippen molar-refractivity contribution in [2.45, 2.75) is 13.8 Å². The summed E-state index contributed by atoms with van der Waals surface area (Å²) < 4.78 is 0. The van der Waals surface area contributed by atoms with Crippen LogP contribution >= 0.6 is 0 Å². The summed E-state index contributed by atoms with van der Waals surface area (Å²) in [7, 11) is 0. The normalized spacial score (nSPS) is 10.2. The van der Waals surface area contributed by atoms with Gasteiger partial charge in [0.25, 0.3) is 0 Å². The Labute approximate surface area is 114 Å². The third-order valence-electron chi connectivity index (χ3n) is 3.27. The second-order valence-corrected chi connectivity index (χ2v) is 4.59. The third-order valence-corrected chi connectivity index (χ3v) is 3.27. The molecular weight excluding hydrogens is 234 g/mol. The molecule has 0 bridgehead atoms. The molecule has 19 heavy (non-hydrogen) atoms. The number of Topliss-reactive ketones (excluding diaryl/α,β-unsaturated/α-hetero) is 1. The molecule has 2 rings (SSSR count). The largest absolute Gasteiger partial charge is 0.364 e. The molecule has 0 aliphatic rings. The molecule has 2 aromatic carbocycles. The highest BCUT2D eigenvalue weighted by Crippen LogP contribution is 2.19. The molecular formula is C17H19NO. The van der Waals surface area contributed by atoms with E-state index in [1.165, 1.54) is 5.56 Å². The lowest BCUT2D eigenvalue weighted by Gasteiger charge is -2.24. The van der Waals surface area contributed by atoms with Crippen LogP contribution in [0.1, 0.15) is 22.8 Å². The Kier molecular flexibility index (Phi) is 4.35. The first-order chi connectivity index (χ1) is 9.22. The van der Waals surface area contributed by atoms with Crippen LogP contribution in [0.5, 0.6) is 0 Å². The Hall–Kier alpha value is -2.09. The van der Waals surface area contributed by atoms with E-state index >= 15 is 0 Å². The molecule has 0 N–H and O–H groups in total. The Bertz CT molecular complexity index is 548. The monoisotopic (exact) mass is 253 g/mol. The van der Waals surface area contributed by atoms with E-state index in [9.17, 15) is 4.79 Å². The van der Waals surface area contributed by atoms with Crippen molar-refractivity contribution in [1.29, 1.82) is 0 Å². The van der Waals surface area contributed by atoms with E-state index in [2.05, 4.69) is 30.9 Å². The minimum absolute atomic E-state index is 0.158. The molecule has 0 radical (unpaired) electrons. The van der Waals surface area contributed by atoms with Crippen LogP contribution < -0.4 is 4.90 Å². The standard InChI is InChI=1S/C17H19NO/c1-3-18(16-12-8-7-9-14(16)2)13-17(19)15-10-5-4-6-11-15/h4-12H,3,13H2,1-2H3. The molecule has 0 amide bonds. The zero-order chi connectivity index (χ0) is 13.7. The predicted octanol–water partition coefficient (Wildman–Crippen LogP) is 3.70. The number of para-hydroxylation sites is 1. The van der Waals surface area contributed by atoms with Gasteiger partial charge in [-0.3, -0.25) is 4.79 Å². The van der Waals surface area contributed by atoms with Crippen molar-refractivity contribution in [2.24, 2.45) is 0 Å². The van der Waals surface area contributed by atoms with Gasteiger partial charge >= 0.3 is 0 Å². The zero-order valence-electron chi connectivity index (χ0n) is 11.5. The molecule has 98 valence electrons. The molecule has 2 heteroatoms. The second kappa shape index (κ2) is 6.19. The summed E-state index contributed by atoms with van der Waals surface area (Å²) in [5.41, 5.74) is 3.11. The van der Waals surface area contributed by atoms with Crippen molar-refractivity contribution in [3.05, 3.63) is 65.7 Å². The molecule has 2 nitrogen and oxygen atoms in total. The average molecular weight is 253 g/mol. The lowest BCUT2D eigenvalue weighted by Crippen LogP contribution is -2.30. The minimum atomic E-state index is 0.158. The zero-order valence-corrected chi connectivity index (χ0v) is 11.5. The number of carbonyl (C=O) groups excluding carboxylic acids is 1. The van der Waals surface area contributed by atoms with Crippen molar-refractivity contribution in [3.8, 4) is 0 Å². The summed E-state index contributed by atoms with van der Waals surface area (Å²) in [6, 6.07) is 17.6. The Balaban J connectivity index is 2.17. The van der Waals surface area contributed by atoms with Gasteiger partial charge in [-0.1, -0.05) is 48.5 Å². The second-order valence-electron chi connectivity index (χ2n) is 4.59. The van der Waals surface area contributed by atoms with Gasteiger partial charge in [0.15, 0.2) is 5.78 Å². The topological polar surface area (TPSA) is 20.3 Å². The first-order valence-corrected chi connectivity index (χ1v) is 6.61. The lowest BCUT2D eigenvalue weighted by molar-refractivity contribution is 0.0999. The van der Waals surface area contributed by atoms with Gasteiger partial charge in [0.1, 0.15) is 0 Å². The van der Waals surface area contributed by atoms with Crippen LogP contribution in [0.2, 0.25) is 0 Å². The highest BCUT2D eigenvalue weighted by molar-refractivity contribution is 5.99. The van der Waals surface area contributed by atoms with Crippen molar-refractivity contribution in [3.63, 3.8) is 0 Å². The number of nitrogens with zero attached hydrogens (tertiary/aromatic N) is 1. The van der Waals surface area contributed by atoms with Gasteiger partial charge in [0.05, 0.1) is 6.54 Å². The molecule has 0 atom stereocenters. The number of rotatable bonds is 5. The van der Waals surface area contributed by atoms with Gasteiger partial charge < -0.3 is 4.90 Å². The van der Waals surface area contributed by atoms with Crippen molar-refractivity contribution < 1.29 is 4.79 Å². The van der Waals surface area contributed by atoms with Gasteiger partial charge in [0.2, 0.25) is 0 Å². The summed E-state index contributed by atoms with van der Waals surface area (Å²) in [6.07, 6.45) is 0. The fourth-order valence-corrected chi connectivity index (χ4v) is 2.17. The van der Waals surface area contributed by atoms with Crippen LogP contribution in [-0.4, -0.2) is 18.9 Å². The fourth-order valence-electron chi connectivity index (χ4n) is 2.17. The Morgan fingerprint density at radius 3 is 2.26 bits per heavy atom. The molecule has 0 saturated heterocycles. The van der Waals surface area contributed by atoms with Gasteiger partial charge in [-0.05, 0) is 25.5 Å². The maximum Gasteiger partial charge on any atom is 0.182 e. The van der Waals surface area contributed by atoms with E-state index in [-0.39, 0.29) is 5.78 Å². The van der Waals surface area contributed by atoms with Crippen LogP contribution in [0, 0.1) is 6.92 Å². The molecule has 0 unspecified atom stereocenters. The molecule has 0 saturated carbocycles. The molecule has 2 aromatic rings. The molecule has 0 aliphatic heterocycles. The quantitative estimate of drug-likeness (QED) is 0.757. The van der Waals surface area contributed by atoms with Crippen LogP contribution in [0.4, 0.5) is 5.69 Å². The van der Waals surface area contributed by atoms with Crippen molar-refractivity contribution in [1.82, 2.24) is 0 Å². The summed E-state index contributed by atoms with van der Waals surface area (Å²) in [6.45, 7) is 5.39. The minimum Gasteiger partial charge on any atom is -0.364 e. The molecule has 0 heterocycles. The van der Waals surface area contributed by atoms with Gasteiger partial charge in [-0.25, -0.2) is 0 Å². The Morgan fingerprint density at radius 2 is 1.63 bits per heavy atom. The fraction of sp³-hybridized carbons (Fsp3) is 0.235. The average Bonchev–Trinajstić information content (AvgIpc) is 2.46. The van der Waals surface area contributed by atoms with Crippen molar-refractivity contribution >= 4 is 11.5 Å². The van der Waals surface area contributed by atoms with Crippen molar-refractivity contribution in [2.75, 3.05) is 18.0 Å². The first kappa shape index (κ1) is 13.3. The SMILES string of the molecule is CCN(CC(=O)c1ccccc1)c1ccccc1C. The summed E-state index contributed by atoms with van der Waals surface area (Å²) in [5.74, 6) is 0.158. The Morgan fingerprint density at radius 1 is 1.00 bits per heavy atom. The summed E-state index contributed by atoms with van der Waals surface area (Å²) in [4.78, 5) is 14.4. The van der Waals surface area contributed by atoms with E-state index in [4.69, 9.17) is 0 Å². The number of benzene rings is 2. The van der Waals surface area contributed by atoms with Gasteiger partial charge in [-0.2, -0.15) is 0 Å². The first-order valence-electron chi connectivity index (χ1n) is 6.61. The highest BCUT2D eigenvalue weighted by Gasteiger charge is 2.12. The maximum atomic E-state index is 12.3. The number of hydrogen-bond donors (Lipinski definition) is 0. The molecule has 0 fully saturated rings. The third kappa shape index (κ3) is 3.22. The molecule has 0 aliphatic carbocycles. The smallest absolute Gasteiger partial charge is 0.182 e. The summed E-state index contributed by atoms with van der Waals surface area (Å²) in [5, 5.41) is 0. The van der Waals surface area contributed by atoms with Crippen LogP contribution in [-0.2, 0) is 0 Å². The number of likely N-dealkylation sites (N-methyl/N-ethyl adjacent to an activating group) is 1. The van der Waals surface area contributed by atoms with E-state index in [1.807, 2.05) is 42.5 Å². The number of ketones is 1. The van der Waals surface area contributed by atoms with Crippen LogP contribution in [0.25, 0.3) is 0 Å². The number of anilines is 1. The molecule has 0 aromatic heterocycles. The van der Waals surface area contributed by atoms with Crippen LogP contribution in [0.15, 0.2) is 54.6 Å². The number of aryl methyl sites for hydroxylation is 1. The van der Waals surface area contributed by atoms with E-state index in [0.717, 1.165) is 17.8 Å². The maximum absolute atomic E-state index is 12.3. The molecule has 0 spiro atoms. The van der Waals surface area contributed by atoms with E-state index < -0.39 is 0 Å².